The molecular weight excluding hydrogens is 410 g/mol. The average molecular weight is 434 g/mol. The van der Waals surface area contributed by atoms with Crippen molar-refractivity contribution in [2.45, 2.75) is 22.6 Å². The number of hydrogen-bond donors (Lipinski definition) is 2. The highest BCUT2D eigenvalue weighted by Gasteiger charge is 2.29. The van der Waals surface area contributed by atoms with Gasteiger partial charge in [-0.25, -0.2) is 0 Å². The number of halogens is 1. The number of nitrogens with zero attached hydrogens (tertiary/aromatic N) is 1. The van der Waals surface area contributed by atoms with Crippen LogP contribution in [0.3, 0.4) is 0 Å². The molecule has 0 saturated carbocycles. The van der Waals surface area contributed by atoms with Crippen LogP contribution in [0.5, 0.6) is 5.75 Å². The van der Waals surface area contributed by atoms with Gasteiger partial charge in [0.05, 0.1) is 24.1 Å². The molecule has 0 fully saturated rings. The Morgan fingerprint density at radius 2 is 2.07 bits per heavy atom. The number of anilines is 1. The van der Waals surface area contributed by atoms with E-state index in [9.17, 15) is 9.59 Å². The van der Waals surface area contributed by atoms with Gasteiger partial charge in [0, 0.05) is 28.4 Å². The third-order valence-electron chi connectivity index (χ3n) is 4.75. The van der Waals surface area contributed by atoms with E-state index in [0.29, 0.717) is 17.3 Å². The van der Waals surface area contributed by atoms with E-state index in [0.717, 1.165) is 16.2 Å². The molecule has 0 bridgehead atoms. The maximum atomic E-state index is 12.6. The summed E-state index contributed by atoms with van der Waals surface area (Å²) in [4.78, 5) is 27.9. The van der Waals surface area contributed by atoms with E-state index in [-0.39, 0.29) is 24.3 Å². The molecule has 2 amide bonds. The maximum Gasteiger partial charge on any atom is 0.238 e. The summed E-state index contributed by atoms with van der Waals surface area (Å²) in [6.07, 6.45) is 0.102. The van der Waals surface area contributed by atoms with Gasteiger partial charge in [0.15, 0.2) is 0 Å². The van der Waals surface area contributed by atoms with Crippen molar-refractivity contribution >= 4 is 40.9 Å². The first-order valence-electron chi connectivity index (χ1n) is 9.22. The molecule has 0 radical (unpaired) electrons. The van der Waals surface area contributed by atoms with Crippen molar-refractivity contribution in [3.05, 3.63) is 53.1 Å². The smallest absolute Gasteiger partial charge is 0.238 e. The van der Waals surface area contributed by atoms with Gasteiger partial charge >= 0.3 is 0 Å². The fraction of sp³-hybridized carbons (Fsp3) is 0.333. The second-order valence-corrected chi connectivity index (χ2v) is 8.65. The third kappa shape index (κ3) is 5.23. The van der Waals surface area contributed by atoms with E-state index < -0.39 is 5.25 Å². The van der Waals surface area contributed by atoms with Crippen molar-refractivity contribution in [3.8, 4) is 5.75 Å². The first-order valence-corrected chi connectivity index (χ1v) is 10.5. The van der Waals surface area contributed by atoms with E-state index >= 15 is 0 Å². The molecule has 1 heterocycles. The molecule has 2 aromatic rings. The fourth-order valence-corrected chi connectivity index (χ4v) is 4.48. The Morgan fingerprint density at radius 3 is 2.79 bits per heavy atom. The van der Waals surface area contributed by atoms with Crippen molar-refractivity contribution in [3.63, 3.8) is 0 Å². The lowest BCUT2D eigenvalue weighted by Gasteiger charge is -2.27. The zero-order chi connectivity index (χ0) is 21.0. The summed E-state index contributed by atoms with van der Waals surface area (Å²) >= 11 is 7.36. The molecule has 2 aromatic carbocycles. The van der Waals surface area contributed by atoms with E-state index in [1.807, 2.05) is 49.3 Å². The van der Waals surface area contributed by atoms with Crippen LogP contribution in [0.1, 0.15) is 18.0 Å². The number of carbonyl (C=O) groups excluding carboxylic acids is 2. The SMILES string of the molecule is COc1ccccc1[C@@H](CNC(=O)C[C@H]1Sc2ccc(Cl)cc2NC1=O)N(C)C. The quantitative estimate of drug-likeness (QED) is 0.698. The first-order chi connectivity index (χ1) is 13.9. The van der Waals surface area contributed by atoms with Crippen LogP contribution in [0.4, 0.5) is 5.69 Å². The number of carbonyl (C=O) groups is 2. The zero-order valence-electron chi connectivity index (χ0n) is 16.6. The van der Waals surface area contributed by atoms with Crippen molar-refractivity contribution < 1.29 is 14.3 Å². The number of benzene rings is 2. The Hall–Kier alpha value is -2.22. The second kappa shape index (κ2) is 9.52. The molecule has 0 aromatic heterocycles. The minimum atomic E-state index is -0.479. The number of hydrogen-bond acceptors (Lipinski definition) is 5. The molecule has 2 atom stereocenters. The standard InChI is InChI=1S/C21H24ClN3O3S/c1-25(2)16(14-6-4-5-7-17(14)28-3)12-23-20(26)11-19-21(27)24-15-10-13(22)8-9-18(15)29-19/h4-10,16,19H,11-12H2,1-3H3,(H,23,26)(H,24,27)/t16-,19-/m1/s1. The second-order valence-electron chi connectivity index (χ2n) is 6.97. The predicted molar refractivity (Wildman–Crippen MR) is 117 cm³/mol. The normalized spacial score (nSPS) is 16.7. The molecule has 0 unspecified atom stereocenters. The molecule has 1 aliphatic rings. The summed E-state index contributed by atoms with van der Waals surface area (Å²) in [5.41, 5.74) is 1.68. The highest BCUT2D eigenvalue weighted by atomic mass is 35.5. The molecule has 3 rings (SSSR count). The molecular formula is C21H24ClN3O3S. The molecule has 0 saturated heterocycles. The lowest BCUT2D eigenvalue weighted by molar-refractivity contribution is -0.124. The summed E-state index contributed by atoms with van der Waals surface area (Å²) in [6, 6.07) is 13.1. The number of likely N-dealkylation sites (N-methyl/N-ethyl adjacent to an activating group) is 1. The average Bonchev–Trinajstić information content (AvgIpc) is 2.69. The van der Waals surface area contributed by atoms with Crippen LogP contribution in [0.15, 0.2) is 47.4 Å². The predicted octanol–water partition coefficient (Wildman–Crippen LogP) is 3.57. The molecule has 2 N–H and O–H groups in total. The van der Waals surface area contributed by atoms with Gasteiger partial charge in [-0.3, -0.25) is 9.59 Å². The number of ether oxygens (including phenoxy) is 1. The fourth-order valence-electron chi connectivity index (χ4n) is 3.22. The Labute approximate surface area is 179 Å². The van der Waals surface area contributed by atoms with Gasteiger partial charge in [0.25, 0.3) is 0 Å². The lowest BCUT2D eigenvalue weighted by Crippen LogP contribution is -2.38. The molecule has 0 spiro atoms. The monoisotopic (exact) mass is 433 g/mol. The van der Waals surface area contributed by atoms with Crippen molar-refractivity contribution in [1.82, 2.24) is 10.2 Å². The first kappa shape index (κ1) is 21.5. The van der Waals surface area contributed by atoms with Crippen LogP contribution in [-0.4, -0.2) is 49.7 Å². The van der Waals surface area contributed by atoms with Gasteiger partial charge in [-0.05, 0) is 38.4 Å². The van der Waals surface area contributed by atoms with Crippen molar-refractivity contribution in [1.29, 1.82) is 0 Å². The summed E-state index contributed by atoms with van der Waals surface area (Å²) in [5, 5.41) is 5.88. The van der Waals surface area contributed by atoms with Crippen LogP contribution in [0.25, 0.3) is 0 Å². The van der Waals surface area contributed by atoms with E-state index in [4.69, 9.17) is 16.3 Å². The maximum absolute atomic E-state index is 12.6. The number of rotatable bonds is 7. The minimum absolute atomic E-state index is 0.0502. The number of fused-ring (bicyclic) bond motifs is 1. The Kier molecular flexibility index (Phi) is 7.05. The van der Waals surface area contributed by atoms with Crippen LogP contribution >= 0.6 is 23.4 Å². The van der Waals surface area contributed by atoms with E-state index in [2.05, 4.69) is 10.6 Å². The van der Waals surface area contributed by atoms with Gasteiger partial charge in [-0.2, -0.15) is 0 Å². The number of para-hydroxylation sites is 1. The van der Waals surface area contributed by atoms with E-state index in [1.165, 1.54) is 11.8 Å². The van der Waals surface area contributed by atoms with Crippen LogP contribution in [-0.2, 0) is 9.59 Å². The Balaban J connectivity index is 1.62. The van der Waals surface area contributed by atoms with Crippen molar-refractivity contribution in [2.24, 2.45) is 0 Å². The summed E-state index contributed by atoms with van der Waals surface area (Å²) in [7, 11) is 5.54. The zero-order valence-corrected chi connectivity index (χ0v) is 18.1. The number of thioether (sulfide) groups is 1. The molecule has 154 valence electrons. The van der Waals surface area contributed by atoms with Gasteiger partial charge in [0.1, 0.15) is 5.75 Å². The van der Waals surface area contributed by atoms with Crippen LogP contribution in [0, 0.1) is 0 Å². The molecule has 1 aliphatic heterocycles. The van der Waals surface area contributed by atoms with E-state index in [1.54, 1.807) is 19.2 Å². The van der Waals surface area contributed by atoms with Crippen molar-refractivity contribution in [2.75, 3.05) is 33.1 Å². The van der Waals surface area contributed by atoms with Gasteiger partial charge in [0.2, 0.25) is 11.8 Å². The summed E-state index contributed by atoms with van der Waals surface area (Å²) in [6.45, 7) is 0.414. The Bertz CT molecular complexity index is 906. The molecule has 0 aliphatic carbocycles. The summed E-state index contributed by atoms with van der Waals surface area (Å²) in [5.74, 6) is 0.420. The number of nitrogens with one attached hydrogen (secondary N) is 2. The topological polar surface area (TPSA) is 70.7 Å². The largest absolute Gasteiger partial charge is 0.496 e. The number of amides is 2. The molecule has 6 nitrogen and oxygen atoms in total. The Morgan fingerprint density at radius 1 is 1.31 bits per heavy atom. The number of methoxy groups -OCH3 is 1. The highest BCUT2D eigenvalue weighted by Crippen LogP contribution is 2.38. The highest BCUT2D eigenvalue weighted by molar-refractivity contribution is 8.01. The minimum Gasteiger partial charge on any atom is -0.496 e. The summed E-state index contributed by atoms with van der Waals surface area (Å²) < 4.78 is 5.46. The van der Waals surface area contributed by atoms with Gasteiger partial charge in [-0.15, -0.1) is 11.8 Å². The molecule has 29 heavy (non-hydrogen) atoms. The van der Waals surface area contributed by atoms with Crippen LogP contribution in [0.2, 0.25) is 5.02 Å². The van der Waals surface area contributed by atoms with Crippen LogP contribution < -0.4 is 15.4 Å². The van der Waals surface area contributed by atoms with Gasteiger partial charge < -0.3 is 20.3 Å². The third-order valence-corrected chi connectivity index (χ3v) is 6.26. The lowest BCUT2D eigenvalue weighted by atomic mass is 10.0. The molecule has 8 heteroatoms. The van der Waals surface area contributed by atoms with Gasteiger partial charge in [-0.1, -0.05) is 29.8 Å².